The molecule has 0 aromatic heterocycles. The molecule has 0 saturated heterocycles. The molecular weight excluding hydrogens is 230 g/mol. The van der Waals surface area contributed by atoms with E-state index >= 15 is 0 Å². The van der Waals surface area contributed by atoms with Crippen molar-refractivity contribution in [2.75, 3.05) is 7.05 Å². The molecule has 0 saturated carbocycles. The first-order chi connectivity index (χ1) is 9.40. The van der Waals surface area contributed by atoms with Crippen LogP contribution in [0.2, 0.25) is 0 Å². The quantitative estimate of drug-likeness (QED) is 0.800. The Balaban J connectivity index is 1.86. The van der Waals surface area contributed by atoms with E-state index in [0.29, 0.717) is 6.04 Å². The van der Waals surface area contributed by atoms with E-state index in [1.54, 1.807) is 0 Å². The van der Waals surface area contributed by atoms with Crippen LogP contribution in [0.25, 0.3) is 6.08 Å². The highest BCUT2D eigenvalue weighted by Crippen LogP contribution is 2.18. The van der Waals surface area contributed by atoms with E-state index in [2.05, 4.69) is 72.1 Å². The molecule has 1 atom stereocenters. The predicted molar refractivity (Wildman–Crippen MR) is 83.0 cm³/mol. The Kier molecular flexibility index (Phi) is 5.39. The van der Waals surface area contributed by atoms with Crippen LogP contribution >= 0.6 is 0 Å². The van der Waals surface area contributed by atoms with Gasteiger partial charge in [-0.3, -0.25) is 0 Å². The zero-order chi connectivity index (χ0) is 13.3. The number of benzene rings is 2. The zero-order valence-corrected chi connectivity index (χ0v) is 11.4. The molecule has 0 aliphatic carbocycles. The third kappa shape index (κ3) is 4.38. The summed E-state index contributed by atoms with van der Waals surface area (Å²) >= 11 is 0. The molecular formula is C18H21N. The number of hydrogen-bond donors (Lipinski definition) is 1. The Hall–Kier alpha value is -1.86. The Labute approximate surface area is 116 Å². The Bertz CT molecular complexity index is 488. The van der Waals surface area contributed by atoms with Gasteiger partial charge < -0.3 is 5.32 Å². The standard InChI is InChI=1S/C18H21N/c1-19-18(17-13-6-3-7-14-17)15-9-8-12-16-10-4-2-5-11-16/h2-8,10-14,18-19H,9,15H2,1H3/b12-8+. The van der Waals surface area contributed by atoms with Crippen LogP contribution in [0.15, 0.2) is 66.7 Å². The van der Waals surface area contributed by atoms with Gasteiger partial charge in [0.15, 0.2) is 0 Å². The first kappa shape index (κ1) is 13.6. The largest absolute Gasteiger partial charge is 0.313 e. The van der Waals surface area contributed by atoms with E-state index in [1.165, 1.54) is 11.1 Å². The predicted octanol–water partition coefficient (Wildman–Crippen LogP) is 4.44. The third-order valence-electron chi connectivity index (χ3n) is 3.28. The second kappa shape index (κ2) is 7.55. The van der Waals surface area contributed by atoms with Gasteiger partial charge in [-0.05, 0) is 31.0 Å². The molecule has 2 aromatic rings. The molecule has 0 spiro atoms. The molecule has 1 heteroatoms. The maximum absolute atomic E-state index is 3.38. The molecule has 98 valence electrons. The average Bonchev–Trinajstić information content (AvgIpc) is 2.49. The highest BCUT2D eigenvalue weighted by Gasteiger charge is 2.06. The van der Waals surface area contributed by atoms with Crippen LogP contribution in [0.3, 0.4) is 0 Å². The summed E-state index contributed by atoms with van der Waals surface area (Å²) in [6, 6.07) is 21.5. The lowest BCUT2D eigenvalue weighted by molar-refractivity contribution is 0.555. The van der Waals surface area contributed by atoms with Crippen molar-refractivity contribution in [2.45, 2.75) is 18.9 Å². The molecule has 0 aliphatic heterocycles. The summed E-state index contributed by atoms with van der Waals surface area (Å²) in [4.78, 5) is 0. The van der Waals surface area contributed by atoms with Crippen molar-refractivity contribution >= 4 is 6.08 Å². The van der Waals surface area contributed by atoms with Crippen LogP contribution in [0.1, 0.15) is 30.0 Å². The van der Waals surface area contributed by atoms with Gasteiger partial charge in [0.1, 0.15) is 0 Å². The fourth-order valence-corrected chi connectivity index (χ4v) is 2.21. The summed E-state index contributed by atoms with van der Waals surface area (Å²) in [5.41, 5.74) is 2.63. The lowest BCUT2D eigenvalue weighted by Gasteiger charge is -2.15. The zero-order valence-electron chi connectivity index (χ0n) is 11.4. The summed E-state index contributed by atoms with van der Waals surface area (Å²) in [5.74, 6) is 0. The second-order valence-corrected chi connectivity index (χ2v) is 4.64. The third-order valence-corrected chi connectivity index (χ3v) is 3.28. The number of rotatable bonds is 6. The van der Waals surface area contributed by atoms with Crippen molar-refractivity contribution in [3.63, 3.8) is 0 Å². The van der Waals surface area contributed by atoms with Crippen molar-refractivity contribution in [2.24, 2.45) is 0 Å². The fourth-order valence-electron chi connectivity index (χ4n) is 2.21. The van der Waals surface area contributed by atoms with Crippen molar-refractivity contribution in [3.8, 4) is 0 Å². The van der Waals surface area contributed by atoms with Crippen LogP contribution in [-0.2, 0) is 0 Å². The highest BCUT2D eigenvalue weighted by atomic mass is 14.9. The van der Waals surface area contributed by atoms with Crippen molar-refractivity contribution in [1.29, 1.82) is 0 Å². The van der Waals surface area contributed by atoms with E-state index in [-0.39, 0.29) is 0 Å². The van der Waals surface area contributed by atoms with E-state index in [1.807, 2.05) is 13.1 Å². The van der Waals surface area contributed by atoms with Gasteiger partial charge in [-0.15, -0.1) is 0 Å². The summed E-state index contributed by atoms with van der Waals surface area (Å²) in [6.45, 7) is 0. The topological polar surface area (TPSA) is 12.0 Å². The molecule has 1 N–H and O–H groups in total. The molecule has 2 aromatic carbocycles. The summed E-state index contributed by atoms with van der Waals surface area (Å²) in [6.07, 6.45) is 6.64. The maximum atomic E-state index is 3.38. The number of nitrogens with one attached hydrogen (secondary N) is 1. The molecule has 0 amide bonds. The molecule has 19 heavy (non-hydrogen) atoms. The average molecular weight is 251 g/mol. The SMILES string of the molecule is CNC(CC/C=C/c1ccccc1)c1ccccc1. The molecule has 1 unspecified atom stereocenters. The molecule has 0 fully saturated rings. The van der Waals surface area contributed by atoms with Gasteiger partial charge in [-0.2, -0.15) is 0 Å². The first-order valence-corrected chi connectivity index (χ1v) is 6.84. The molecule has 0 radical (unpaired) electrons. The second-order valence-electron chi connectivity index (χ2n) is 4.64. The Morgan fingerprint density at radius 1 is 0.947 bits per heavy atom. The molecule has 0 aliphatic rings. The van der Waals surface area contributed by atoms with Gasteiger partial charge >= 0.3 is 0 Å². The van der Waals surface area contributed by atoms with Gasteiger partial charge in [-0.1, -0.05) is 72.8 Å². The summed E-state index contributed by atoms with van der Waals surface area (Å²) < 4.78 is 0. The Morgan fingerprint density at radius 3 is 2.21 bits per heavy atom. The summed E-state index contributed by atoms with van der Waals surface area (Å²) in [7, 11) is 2.03. The van der Waals surface area contributed by atoms with Crippen LogP contribution in [0.4, 0.5) is 0 Å². The van der Waals surface area contributed by atoms with Gasteiger partial charge in [0.05, 0.1) is 0 Å². The fraction of sp³-hybridized carbons (Fsp3) is 0.222. The van der Waals surface area contributed by atoms with Crippen molar-refractivity contribution in [3.05, 3.63) is 77.9 Å². The lowest BCUT2D eigenvalue weighted by Crippen LogP contribution is -2.15. The Morgan fingerprint density at radius 2 is 1.58 bits per heavy atom. The van der Waals surface area contributed by atoms with Crippen molar-refractivity contribution in [1.82, 2.24) is 5.32 Å². The van der Waals surface area contributed by atoms with E-state index in [0.717, 1.165) is 12.8 Å². The smallest absolute Gasteiger partial charge is 0.0320 e. The van der Waals surface area contributed by atoms with Crippen LogP contribution in [0.5, 0.6) is 0 Å². The maximum Gasteiger partial charge on any atom is 0.0320 e. The summed E-state index contributed by atoms with van der Waals surface area (Å²) in [5, 5.41) is 3.38. The van der Waals surface area contributed by atoms with Gasteiger partial charge in [0.2, 0.25) is 0 Å². The van der Waals surface area contributed by atoms with Gasteiger partial charge in [-0.25, -0.2) is 0 Å². The number of hydrogen-bond acceptors (Lipinski definition) is 1. The van der Waals surface area contributed by atoms with Gasteiger partial charge in [0, 0.05) is 6.04 Å². The molecule has 0 bridgehead atoms. The van der Waals surface area contributed by atoms with E-state index in [9.17, 15) is 0 Å². The van der Waals surface area contributed by atoms with Crippen molar-refractivity contribution < 1.29 is 0 Å². The first-order valence-electron chi connectivity index (χ1n) is 6.84. The van der Waals surface area contributed by atoms with Crippen LogP contribution in [-0.4, -0.2) is 7.05 Å². The molecule has 1 nitrogen and oxygen atoms in total. The minimum absolute atomic E-state index is 0.432. The molecule has 0 heterocycles. The normalized spacial score (nSPS) is 12.7. The van der Waals surface area contributed by atoms with Gasteiger partial charge in [0.25, 0.3) is 0 Å². The minimum Gasteiger partial charge on any atom is -0.313 e. The highest BCUT2D eigenvalue weighted by molar-refractivity contribution is 5.48. The monoisotopic (exact) mass is 251 g/mol. The van der Waals surface area contributed by atoms with E-state index in [4.69, 9.17) is 0 Å². The minimum atomic E-state index is 0.432. The van der Waals surface area contributed by atoms with Crippen LogP contribution < -0.4 is 5.32 Å². The lowest BCUT2D eigenvalue weighted by atomic mass is 10.0. The molecule has 2 rings (SSSR count). The number of allylic oxidation sites excluding steroid dienone is 1. The van der Waals surface area contributed by atoms with E-state index < -0.39 is 0 Å². The van der Waals surface area contributed by atoms with Crippen LogP contribution in [0, 0.1) is 0 Å².